The summed E-state index contributed by atoms with van der Waals surface area (Å²) >= 11 is 0. The molecule has 0 N–H and O–H groups in total. The molecule has 1 heterocycles. The van der Waals surface area contributed by atoms with Gasteiger partial charge in [-0.05, 0) is 39.9 Å². The first-order valence-corrected chi connectivity index (χ1v) is 18.5. The monoisotopic (exact) mass is 615 g/mol. The molecule has 0 bridgehead atoms. The van der Waals surface area contributed by atoms with Crippen LogP contribution in [-0.4, -0.2) is 65.7 Å². The first-order valence-electron chi connectivity index (χ1n) is 14.4. The van der Waals surface area contributed by atoms with Gasteiger partial charge in [-0.2, -0.15) is 8.42 Å². The fourth-order valence-electron chi connectivity index (χ4n) is 5.98. The summed E-state index contributed by atoms with van der Waals surface area (Å²) in [5.74, 6) is 3.90. The van der Waals surface area contributed by atoms with Gasteiger partial charge >= 0.3 is 6.09 Å². The molecule has 1 fully saturated rings. The van der Waals surface area contributed by atoms with Gasteiger partial charge in [0, 0.05) is 6.54 Å². The second kappa shape index (κ2) is 14.6. The highest BCUT2D eigenvalue weighted by atomic mass is 32.2. The number of benzene rings is 2. The summed E-state index contributed by atoms with van der Waals surface area (Å²) in [6.45, 7) is 13.7. The smallest absolute Gasteiger partial charge is 0.411 e. The molecule has 1 saturated heterocycles. The molecule has 1 amide bonds. The zero-order valence-corrected chi connectivity index (χ0v) is 27.8. The van der Waals surface area contributed by atoms with E-state index in [0.29, 0.717) is 29.0 Å². The Morgan fingerprint density at radius 3 is 2.05 bits per heavy atom. The van der Waals surface area contributed by atoms with E-state index < -0.39 is 42.5 Å². The lowest BCUT2D eigenvalue weighted by atomic mass is 10.1. The molecule has 2 aromatic rings. The van der Waals surface area contributed by atoms with E-state index in [1.165, 1.54) is 0 Å². The third-order valence-corrected chi connectivity index (χ3v) is 14.9. The molecule has 0 unspecified atom stereocenters. The fourth-order valence-corrected chi connectivity index (χ4v) is 11.8. The lowest BCUT2D eigenvalue weighted by molar-refractivity contribution is 0.0220. The zero-order valence-electron chi connectivity index (χ0n) is 26.0. The van der Waals surface area contributed by atoms with Gasteiger partial charge in [-0.15, -0.1) is 5.54 Å². The highest BCUT2D eigenvalue weighted by Crippen LogP contribution is 2.41. The molecule has 0 aromatic heterocycles. The van der Waals surface area contributed by atoms with E-state index in [2.05, 4.69) is 53.0 Å². The van der Waals surface area contributed by atoms with E-state index in [0.717, 1.165) is 17.4 Å². The van der Waals surface area contributed by atoms with Crippen LogP contribution in [0.2, 0.25) is 16.6 Å². The standard InChI is InChI=1S/C32H45NO7SSi/c1-23(2)42(24(3)4,25(5)6)19-18-30(40-41(8,35)36)31-29(22-38-21-27-12-10-9-11-13-27)33(32(34)39-31)20-26-14-16-28(37-7)17-15-26/h9-17,23-25,29-31H,20-22H2,1-8H3/t29-,30+,31-/m0/s1. The minimum Gasteiger partial charge on any atom is -0.497 e. The van der Waals surface area contributed by atoms with Crippen molar-refractivity contribution >= 4 is 24.3 Å². The van der Waals surface area contributed by atoms with Crippen LogP contribution in [0.15, 0.2) is 54.6 Å². The van der Waals surface area contributed by atoms with Crippen molar-refractivity contribution in [1.82, 2.24) is 4.90 Å². The number of nitrogens with zero attached hydrogens (tertiary/aromatic N) is 1. The lowest BCUT2D eigenvalue weighted by Gasteiger charge is -2.38. The van der Waals surface area contributed by atoms with Crippen molar-refractivity contribution in [3.8, 4) is 17.2 Å². The number of cyclic esters (lactones) is 1. The van der Waals surface area contributed by atoms with E-state index in [9.17, 15) is 13.2 Å². The van der Waals surface area contributed by atoms with E-state index in [1.54, 1.807) is 12.0 Å². The number of ether oxygens (including phenoxy) is 3. The summed E-state index contributed by atoms with van der Waals surface area (Å²) in [6, 6.07) is 16.5. The van der Waals surface area contributed by atoms with Crippen LogP contribution in [0, 0.1) is 11.5 Å². The van der Waals surface area contributed by atoms with Crippen LogP contribution in [0.25, 0.3) is 0 Å². The third-order valence-electron chi connectivity index (χ3n) is 8.04. The van der Waals surface area contributed by atoms with Crippen LogP contribution in [0.5, 0.6) is 5.75 Å². The van der Waals surface area contributed by atoms with Crippen molar-refractivity contribution in [2.24, 2.45) is 0 Å². The molecule has 230 valence electrons. The number of hydrogen-bond donors (Lipinski definition) is 0. The third kappa shape index (κ3) is 8.38. The number of carbonyl (C=O) groups is 1. The molecule has 10 heteroatoms. The van der Waals surface area contributed by atoms with Crippen LogP contribution in [-0.2, 0) is 36.9 Å². The van der Waals surface area contributed by atoms with Crippen LogP contribution in [0.4, 0.5) is 4.79 Å². The molecular formula is C32H45NO7SSi. The van der Waals surface area contributed by atoms with E-state index in [4.69, 9.17) is 18.4 Å². The summed E-state index contributed by atoms with van der Waals surface area (Å²) in [5.41, 5.74) is 6.38. The van der Waals surface area contributed by atoms with Crippen molar-refractivity contribution in [3.63, 3.8) is 0 Å². The Morgan fingerprint density at radius 2 is 1.52 bits per heavy atom. The van der Waals surface area contributed by atoms with Crippen LogP contribution >= 0.6 is 0 Å². The maximum absolute atomic E-state index is 13.3. The largest absolute Gasteiger partial charge is 0.497 e. The van der Waals surface area contributed by atoms with Crippen LogP contribution in [0.1, 0.15) is 52.7 Å². The lowest BCUT2D eigenvalue weighted by Crippen LogP contribution is -2.46. The van der Waals surface area contributed by atoms with E-state index >= 15 is 0 Å². The summed E-state index contributed by atoms with van der Waals surface area (Å²) in [5, 5.41) is 0. The molecule has 2 aromatic carbocycles. The number of rotatable bonds is 13. The predicted molar refractivity (Wildman–Crippen MR) is 167 cm³/mol. The molecule has 3 atom stereocenters. The Morgan fingerprint density at radius 1 is 0.929 bits per heavy atom. The number of methoxy groups -OCH3 is 1. The van der Waals surface area contributed by atoms with E-state index in [-0.39, 0.29) is 13.2 Å². The topological polar surface area (TPSA) is 91.4 Å². The van der Waals surface area contributed by atoms with Crippen molar-refractivity contribution in [2.75, 3.05) is 20.0 Å². The van der Waals surface area contributed by atoms with Gasteiger partial charge in [0.25, 0.3) is 10.1 Å². The number of hydrogen-bond acceptors (Lipinski definition) is 7. The van der Waals surface area contributed by atoms with Gasteiger partial charge in [-0.25, -0.2) is 8.98 Å². The maximum atomic E-state index is 13.3. The molecular weight excluding hydrogens is 571 g/mol. The average Bonchev–Trinajstić information content (AvgIpc) is 3.22. The fraction of sp³-hybridized carbons (Fsp3) is 0.531. The quantitative estimate of drug-likeness (QED) is 0.151. The van der Waals surface area contributed by atoms with Crippen molar-refractivity contribution in [1.29, 1.82) is 0 Å². The minimum atomic E-state index is -3.93. The van der Waals surface area contributed by atoms with Crippen LogP contribution in [0.3, 0.4) is 0 Å². The van der Waals surface area contributed by atoms with Gasteiger partial charge in [-0.1, -0.05) is 89.9 Å². The molecule has 42 heavy (non-hydrogen) atoms. The van der Waals surface area contributed by atoms with Gasteiger partial charge in [0.15, 0.2) is 12.2 Å². The Bertz CT molecular complexity index is 1310. The first-order chi connectivity index (χ1) is 19.8. The SMILES string of the molecule is COc1ccc(CN2C(=O)O[C@H]([C@@H](C#C[Si](C(C)C)(C(C)C)C(C)C)OS(C)(=O)=O)[C@@H]2COCc2ccccc2)cc1. The molecule has 1 aliphatic heterocycles. The predicted octanol–water partition coefficient (Wildman–Crippen LogP) is 6.17. The van der Waals surface area contributed by atoms with Gasteiger partial charge < -0.3 is 14.2 Å². The summed E-state index contributed by atoms with van der Waals surface area (Å²) in [6.07, 6.45) is -1.75. The highest BCUT2D eigenvalue weighted by Gasteiger charge is 2.48. The normalized spacial score (nSPS) is 18.3. The van der Waals surface area contributed by atoms with Crippen molar-refractivity contribution < 1.29 is 31.6 Å². The first kappa shape index (κ1) is 33.7. The van der Waals surface area contributed by atoms with Gasteiger partial charge in [0.2, 0.25) is 0 Å². The van der Waals surface area contributed by atoms with Gasteiger partial charge in [0.05, 0.1) is 32.6 Å². The Balaban J connectivity index is 2.01. The molecule has 1 aliphatic rings. The van der Waals surface area contributed by atoms with E-state index in [1.807, 2.05) is 54.6 Å². The average molecular weight is 616 g/mol. The second-order valence-corrected chi connectivity index (χ2v) is 19.0. The number of amides is 1. The highest BCUT2D eigenvalue weighted by molar-refractivity contribution is 7.86. The molecule has 3 rings (SSSR count). The minimum absolute atomic E-state index is 0.105. The summed E-state index contributed by atoms with van der Waals surface area (Å²) in [7, 11) is -4.58. The molecule has 0 spiro atoms. The molecule has 0 aliphatic carbocycles. The Labute approximate surface area is 252 Å². The Kier molecular flexibility index (Phi) is 11.7. The van der Waals surface area contributed by atoms with Crippen molar-refractivity contribution in [3.05, 3.63) is 65.7 Å². The van der Waals surface area contributed by atoms with Gasteiger partial charge in [0.1, 0.15) is 13.8 Å². The number of carbonyl (C=O) groups excluding carboxylic acids is 1. The van der Waals surface area contributed by atoms with Crippen molar-refractivity contribution in [2.45, 2.75) is 89.6 Å². The molecule has 8 nitrogen and oxygen atoms in total. The summed E-state index contributed by atoms with van der Waals surface area (Å²) in [4.78, 5) is 14.9. The summed E-state index contributed by atoms with van der Waals surface area (Å²) < 4.78 is 47.7. The second-order valence-electron chi connectivity index (χ2n) is 11.8. The molecule has 0 radical (unpaired) electrons. The Hall–Kier alpha value is -2.84. The maximum Gasteiger partial charge on any atom is 0.411 e. The van der Waals surface area contributed by atoms with Crippen LogP contribution < -0.4 is 4.74 Å². The van der Waals surface area contributed by atoms with Gasteiger partial charge in [-0.3, -0.25) is 4.90 Å². The zero-order chi connectivity index (χ0) is 31.1. The molecule has 0 saturated carbocycles.